The molecule has 0 saturated carbocycles. The zero-order valence-corrected chi connectivity index (χ0v) is 16.6. The van der Waals surface area contributed by atoms with E-state index < -0.39 is 0 Å². The summed E-state index contributed by atoms with van der Waals surface area (Å²) in [6, 6.07) is 13.2. The molecular weight excluding hydrogens is 364 g/mol. The number of carbonyl (C=O) groups is 2. The normalized spacial score (nSPS) is 17.6. The molecule has 1 fully saturated rings. The Hall–Kier alpha value is -3.15. The molecule has 0 radical (unpaired) electrons. The monoisotopic (exact) mass is 390 g/mol. The molecule has 3 heterocycles. The Morgan fingerprint density at radius 2 is 2.00 bits per heavy atom. The Kier molecular flexibility index (Phi) is 5.60. The highest BCUT2D eigenvalue weighted by Gasteiger charge is 2.25. The first-order valence-corrected chi connectivity index (χ1v) is 10.2. The summed E-state index contributed by atoms with van der Waals surface area (Å²) >= 11 is 0. The first-order valence-electron chi connectivity index (χ1n) is 10.2. The number of hydrogen-bond donors (Lipinski definition) is 2. The molecule has 150 valence electrons. The van der Waals surface area contributed by atoms with Crippen LogP contribution >= 0.6 is 0 Å². The fraction of sp³-hybridized carbons (Fsp3) is 0.348. The van der Waals surface area contributed by atoms with Crippen molar-refractivity contribution in [1.82, 2.24) is 20.2 Å². The van der Waals surface area contributed by atoms with Crippen molar-refractivity contribution in [2.24, 2.45) is 0 Å². The van der Waals surface area contributed by atoms with Crippen molar-refractivity contribution >= 4 is 22.7 Å². The van der Waals surface area contributed by atoms with Crippen LogP contribution in [0.4, 0.5) is 0 Å². The number of nitrogens with zero attached hydrogens (tertiary/aromatic N) is 2. The summed E-state index contributed by atoms with van der Waals surface area (Å²) in [6.45, 7) is 3.13. The van der Waals surface area contributed by atoms with Crippen molar-refractivity contribution in [3.63, 3.8) is 0 Å². The molecule has 0 bridgehead atoms. The van der Waals surface area contributed by atoms with Crippen molar-refractivity contribution in [1.29, 1.82) is 0 Å². The van der Waals surface area contributed by atoms with Gasteiger partial charge in [0.2, 0.25) is 0 Å². The van der Waals surface area contributed by atoms with Crippen LogP contribution in [0.3, 0.4) is 0 Å². The van der Waals surface area contributed by atoms with Crippen molar-refractivity contribution in [3.8, 4) is 0 Å². The standard InChI is InChI=1S/C23H26N4O2/c1-16-11-12-17-7-5-9-19(21(17)25-16)23(29)27-14-4-2-3-8-18(15-27)26-22(28)20-10-6-13-24-20/h5-7,9-13,18,24H,2-4,8,14-15H2,1H3,(H,26,28). The highest BCUT2D eigenvalue weighted by Crippen LogP contribution is 2.21. The second kappa shape index (κ2) is 8.47. The van der Waals surface area contributed by atoms with Crippen molar-refractivity contribution in [2.75, 3.05) is 13.1 Å². The van der Waals surface area contributed by atoms with Gasteiger partial charge in [-0.3, -0.25) is 14.6 Å². The lowest BCUT2D eigenvalue weighted by Gasteiger charge is -2.31. The van der Waals surface area contributed by atoms with E-state index in [-0.39, 0.29) is 17.9 Å². The molecular formula is C23H26N4O2. The van der Waals surface area contributed by atoms with Gasteiger partial charge in [-0.25, -0.2) is 0 Å². The number of carbonyl (C=O) groups excluding carboxylic acids is 2. The maximum Gasteiger partial charge on any atom is 0.267 e. The molecule has 4 rings (SSSR count). The number of pyridine rings is 1. The topological polar surface area (TPSA) is 78.1 Å². The minimum Gasteiger partial charge on any atom is -0.357 e. The summed E-state index contributed by atoms with van der Waals surface area (Å²) < 4.78 is 0. The molecule has 2 amide bonds. The van der Waals surface area contributed by atoms with Gasteiger partial charge in [0.15, 0.2) is 0 Å². The average Bonchev–Trinajstić information content (AvgIpc) is 3.24. The average molecular weight is 390 g/mol. The number of H-pyrrole nitrogens is 1. The van der Waals surface area contributed by atoms with E-state index in [0.29, 0.717) is 24.3 Å². The number of likely N-dealkylation sites (tertiary alicyclic amines) is 1. The number of aromatic amines is 1. The summed E-state index contributed by atoms with van der Waals surface area (Å²) in [7, 11) is 0. The first-order chi connectivity index (χ1) is 14.1. The van der Waals surface area contributed by atoms with Crippen LogP contribution in [-0.2, 0) is 0 Å². The summed E-state index contributed by atoms with van der Waals surface area (Å²) in [6.07, 6.45) is 5.67. The van der Waals surface area contributed by atoms with Gasteiger partial charge in [0.05, 0.1) is 11.1 Å². The molecule has 6 nitrogen and oxygen atoms in total. The second-order valence-corrected chi connectivity index (χ2v) is 7.68. The summed E-state index contributed by atoms with van der Waals surface area (Å²) in [5.41, 5.74) is 2.80. The van der Waals surface area contributed by atoms with E-state index in [0.717, 1.165) is 42.3 Å². The quantitative estimate of drug-likeness (QED) is 0.716. The van der Waals surface area contributed by atoms with Crippen LogP contribution < -0.4 is 5.32 Å². The maximum atomic E-state index is 13.4. The van der Waals surface area contributed by atoms with Gasteiger partial charge in [-0.1, -0.05) is 31.0 Å². The third-order valence-electron chi connectivity index (χ3n) is 5.48. The van der Waals surface area contributed by atoms with Crippen LogP contribution in [0.5, 0.6) is 0 Å². The van der Waals surface area contributed by atoms with Crippen molar-refractivity contribution < 1.29 is 9.59 Å². The molecule has 2 N–H and O–H groups in total. The predicted octanol–water partition coefficient (Wildman–Crippen LogP) is 3.69. The third-order valence-corrected chi connectivity index (χ3v) is 5.48. The van der Waals surface area contributed by atoms with Gasteiger partial charge >= 0.3 is 0 Å². The fourth-order valence-corrected chi connectivity index (χ4v) is 3.94. The first kappa shape index (κ1) is 19.2. The third kappa shape index (κ3) is 4.31. The van der Waals surface area contributed by atoms with Crippen LogP contribution in [-0.4, -0.2) is 45.8 Å². The number of nitrogens with one attached hydrogen (secondary N) is 2. The number of aromatic nitrogens is 2. The Morgan fingerprint density at radius 1 is 1.10 bits per heavy atom. The van der Waals surface area contributed by atoms with E-state index in [1.165, 1.54) is 0 Å². The van der Waals surface area contributed by atoms with Gasteiger partial charge in [0.25, 0.3) is 11.8 Å². The second-order valence-electron chi connectivity index (χ2n) is 7.68. The van der Waals surface area contributed by atoms with Gasteiger partial charge in [-0.05, 0) is 44.0 Å². The van der Waals surface area contributed by atoms with Gasteiger partial charge in [0, 0.05) is 36.4 Å². The highest BCUT2D eigenvalue weighted by molar-refractivity contribution is 6.05. The van der Waals surface area contributed by atoms with Crippen LogP contribution in [0.2, 0.25) is 0 Å². The minimum absolute atomic E-state index is 0.0188. The number of para-hydroxylation sites is 1. The molecule has 3 aromatic rings. The lowest BCUT2D eigenvalue weighted by molar-refractivity contribution is 0.0707. The summed E-state index contributed by atoms with van der Waals surface area (Å²) in [5.74, 6) is -0.148. The van der Waals surface area contributed by atoms with E-state index in [1.54, 1.807) is 18.3 Å². The number of amides is 2. The SMILES string of the molecule is Cc1ccc2cccc(C(=O)N3CCCCCC(NC(=O)c4ccc[nH]4)C3)c2n1. The van der Waals surface area contributed by atoms with E-state index in [9.17, 15) is 9.59 Å². The lowest BCUT2D eigenvalue weighted by atomic mass is 10.0. The van der Waals surface area contributed by atoms with E-state index >= 15 is 0 Å². The van der Waals surface area contributed by atoms with Gasteiger partial charge in [-0.15, -0.1) is 0 Å². The lowest BCUT2D eigenvalue weighted by Crippen LogP contribution is -2.47. The van der Waals surface area contributed by atoms with Crippen LogP contribution in [0.1, 0.15) is 52.2 Å². The molecule has 6 heteroatoms. The maximum absolute atomic E-state index is 13.4. The van der Waals surface area contributed by atoms with E-state index in [2.05, 4.69) is 15.3 Å². The number of rotatable bonds is 3. The highest BCUT2D eigenvalue weighted by atomic mass is 16.2. The number of hydrogen-bond acceptors (Lipinski definition) is 3. The minimum atomic E-state index is -0.129. The van der Waals surface area contributed by atoms with Crippen molar-refractivity contribution in [2.45, 2.75) is 38.6 Å². The molecule has 1 aliphatic heterocycles. The number of benzene rings is 1. The molecule has 2 aromatic heterocycles. The molecule has 0 aliphatic carbocycles. The Balaban J connectivity index is 1.56. The zero-order valence-electron chi connectivity index (χ0n) is 16.6. The summed E-state index contributed by atoms with van der Waals surface area (Å²) in [4.78, 5) is 35.3. The molecule has 1 saturated heterocycles. The van der Waals surface area contributed by atoms with Crippen LogP contribution in [0.25, 0.3) is 10.9 Å². The molecule has 1 aromatic carbocycles. The van der Waals surface area contributed by atoms with Crippen LogP contribution in [0.15, 0.2) is 48.7 Å². The smallest absolute Gasteiger partial charge is 0.267 e. The molecule has 29 heavy (non-hydrogen) atoms. The predicted molar refractivity (Wildman–Crippen MR) is 113 cm³/mol. The van der Waals surface area contributed by atoms with Crippen LogP contribution in [0, 0.1) is 6.92 Å². The van der Waals surface area contributed by atoms with Gasteiger partial charge < -0.3 is 15.2 Å². The van der Waals surface area contributed by atoms with Gasteiger partial charge in [-0.2, -0.15) is 0 Å². The van der Waals surface area contributed by atoms with E-state index in [1.807, 2.05) is 42.2 Å². The van der Waals surface area contributed by atoms with Crippen molar-refractivity contribution in [3.05, 3.63) is 65.6 Å². The molecule has 1 atom stereocenters. The Bertz CT molecular complexity index is 1010. The Labute approximate surface area is 170 Å². The number of aryl methyl sites for hydroxylation is 1. The molecule has 1 unspecified atom stereocenters. The zero-order chi connectivity index (χ0) is 20.2. The van der Waals surface area contributed by atoms with E-state index in [4.69, 9.17) is 0 Å². The van der Waals surface area contributed by atoms with Gasteiger partial charge in [0.1, 0.15) is 5.69 Å². The fourth-order valence-electron chi connectivity index (χ4n) is 3.94. The molecule has 0 spiro atoms. The Morgan fingerprint density at radius 3 is 2.83 bits per heavy atom. The summed E-state index contributed by atoms with van der Waals surface area (Å²) in [5, 5.41) is 4.05. The molecule has 1 aliphatic rings. The largest absolute Gasteiger partial charge is 0.357 e. The number of fused-ring (bicyclic) bond motifs is 1.